The topological polar surface area (TPSA) is 80.5 Å². The molecule has 0 spiro atoms. The van der Waals surface area contributed by atoms with Crippen LogP contribution in [0, 0.1) is 5.82 Å². The Morgan fingerprint density at radius 2 is 2.27 bits per heavy atom. The Morgan fingerprint density at radius 3 is 3.00 bits per heavy atom. The van der Waals surface area contributed by atoms with Crippen LogP contribution in [-0.4, -0.2) is 52.8 Å². The van der Waals surface area contributed by atoms with Gasteiger partial charge in [0.1, 0.15) is 11.4 Å². The van der Waals surface area contributed by atoms with Gasteiger partial charge < -0.3 is 19.5 Å². The van der Waals surface area contributed by atoms with Gasteiger partial charge >= 0.3 is 6.03 Å². The number of halogens is 3. The molecule has 1 aromatic carbocycles. The van der Waals surface area contributed by atoms with Gasteiger partial charge in [0.05, 0.1) is 19.7 Å². The van der Waals surface area contributed by atoms with Gasteiger partial charge in [-0.2, -0.15) is 4.98 Å². The first kappa shape index (κ1) is 18.2. The second kappa shape index (κ2) is 7.32. The van der Waals surface area contributed by atoms with Crippen LogP contribution < -0.4 is 5.32 Å². The molecule has 26 heavy (non-hydrogen) atoms. The van der Waals surface area contributed by atoms with Gasteiger partial charge in [-0.3, -0.25) is 0 Å². The maximum Gasteiger partial charge on any atom is 0.317 e. The fourth-order valence-corrected chi connectivity index (χ4v) is 2.53. The highest BCUT2D eigenvalue weighted by molar-refractivity contribution is 5.74. The molecule has 10 heteroatoms. The van der Waals surface area contributed by atoms with Gasteiger partial charge in [-0.1, -0.05) is 11.2 Å². The molecule has 0 aliphatic carbocycles. The number of hydrogen-bond donors (Lipinski definition) is 1. The van der Waals surface area contributed by atoms with E-state index in [1.165, 1.54) is 30.0 Å². The molecule has 1 aliphatic rings. The molecule has 1 unspecified atom stereocenters. The van der Waals surface area contributed by atoms with E-state index in [0.717, 1.165) is 0 Å². The van der Waals surface area contributed by atoms with Crippen LogP contribution >= 0.6 is 0 Å². The molecule has 1 aliphatic heterocycles. The fourth-order valence-electron chi connectivity index (χ4n) is 2.53. The quantitative estimate of drug-likeness (QED) is 0.894. The molecule has 1 fully saturated rings. The first-order valence-corrected chi connectivity index (χ1v) is 7.91. The van der Waals surface area contributed by atoms with Crippen LogP contribution in [0.3, 0.4) is 0 Å². The van der Waals surface area contributed by atoms with Gasteiger partial charge in [-0.15, -0.1) is 0 Å². The summed E-state index contributed by atoms with van der Waals surface area (Å²) in [6, 6.07) is 5.12. The van der Waals surface area contributed by atoms with E-state index in [1.807, 2.05) is 0 Å². The van der Waals surface area contributed by atoms with Crippen molar-refractivity contribution in [1.82, 2.24) is 20.4 Å². The molecular formula is C16H17F3N4O3. The highest BCUT2D eigenvalue weighted by Gasteiger charge is 2.42. The van der Waals surface area contributed by atoms with Crippen molar-refractivity contribution in [3.63, 3.8) is 0 Å². The second-order valence-corrected chi connectivity index (χ2v) is 6.07. The summed E-state index contributed by atoms with van der Waals surface area (Å²) in [6.45, 7) is 1.22. The number of carbonyl (C=O) groups is 1. The number of rotatable bonds is 4. The van der Waals surface area contributed by atoms with Crippen molar-refractivity contribution >= 4 is 6.03 Å². The van der Waals surface area contributed by atoms with E-state index < -0.39 is 23.9 Å². The largest absolute Gasteiger partial charge is 0.366 e. The molecule has 0 radical (unpaired) electrons. The lowest BCUT2D eigenvalue weighted by Crippen LogP contribution is -2.57. The zero-order valence-corrected chi connectivity index (χ0v) is 13.9. The Bertz CT molecular complexity index is 786. The van der Waals surface area contributed by atoms with Crippen molar-refractivity contribution in [2.45, 2.75) is 25.5 Å². The monoisotopic (exact) mass is 370 g/mol. The van der Waals surface area contributed by atoms with Gasteiger partial charge in [0, 0.05) is 12.1 Å². The maximum atomic E-state index is 13.2. The molecule has 1 N–H and O–H groups in total. The molecule has 140 valence electrons. The molecule has 0 saturated carbocycles. The Morgan fingerprint density at radius 1 is 1.46 bits per heavy atom. The molecule has 0 bridgehead atoms. The van der Waals surface area contributed by atoms with Gasteiger partial charge in [0.2, 0.25) is 0 Å². The molecule has 3 rings (SSSR count). The Kier molecular flexibility index (Phi) is 5.12. The molecule has 2 amide bonds. The van der Waals surface area contributed by atoms with E-state index >= 15 is 0 Å². The minimum Gasteiger partial charge on any atom is -0.366 e. The normalized spacial score (nSPS) is 20.4. The number of urea groups is 1. The third kappa shape index (κ3) is 3.96. The fraction of sp³-hybridized carbons (Fsp3) is 0.438. The molecule has 1 aromatic heterocycles. The molecule has 2 aromatic rings. The van der Waals surface area contributed by atoms with E-state index in [-0.39, 0.29) is 38.0 Å². The maximum absolute atomic E-state index is 13.2. The summed E-state index contributed by atoms with van der Waals surface area (Å²) in [7, 11) is 0. The zero-order valence-electron chi connectivity index (χ0n) is 13.9. The summed E-state index contributed by atoms with van der Waals surface area (Å²) in [4.78, 5) is 17.5. The first-order chi connectivity index (χ1) is 12.4. The van der Waals surface area contributed by atoms with Crippen LogP contribution in [0.15, 0.2) is 28.8 Å². The smallest absolute Gasteiger partial charge is 0.317 e. The standard InChI is InChI=1S/C16H17F3N4O3/c1-16(14(18)19)9-23(5-6-25-16)15(24)20-8-12-21-13(26-22-12)10-3-2-4-11(17)7-10/h2-4,7,14H,5-6,8-9H2,1H3,(H,20,24). The number of aromatic nitrogens is 2. The Hall–Kier alpha value is -2.62. The van der Waals surface area contributed by atoms with Crippen LogP contribution in [0.2, 0.25) is 0 Å². The zero-order chi connectivity index (χ0) is 18.7. The van der Waals surface area contributed by atoms with E-state index in [0.29, 0.717) is 5.56 Å². The van der Waals surface area contributed by atoms with E-state index in [1.54, 1.807) is 6.07 Å². The van der Waals surface area contributed by atoms with Crippen molar-refractivity contribution in [1.29, 1.82) is 0 Å². The highest BCUT2D eigenvalue weighted by Crippen LogP contribution is 2.25. The molecule has 7 nitrogen and oxygen atoms in total. The Labute approximate surface area is 147 Å². The van der Waals surface area contributed by atoms with Crippen molar-refractivity contribution < 1.29 is 27.2 Å². The van der Waals surface area contributed by atoms with Crippen LogP contribution in [0.4, 0.5) is 18.0 Å². The van der Waals surface area contributed by atoms with Crippen LogP contribution in [0.5, 0.6) is 0 Å². The lowest BCUT2D eigenvalue weighted by Gasteiger charge is -2.39. The van der Waals surface area contributed by atoms with Gasteiger partial charge in [0.15, 0.2) is 5.82 Å². The molecular weight excluding hydrogens is 353 g/mol. The number of nitrogens with zero attached hydrogens (tertiary/aromatic N) is 3. The minimum absolute atomic E-state index is 0.0280. The summed E-state index contributed by atoms with van der Waals surface area (Å²) in [5.74, 6) is -0.141. The van der Waals surface area contributed by atoms with Crippen molar-refractivity contribution in [2.24, 2.45) is 0 Å². The molecule has 1 atom stereocenters. The van der Waals surface area contributed by atoms with Crippen molar-refractivity contribution in [2.75, 3.05) is 19.7 Å². The van der Waals surface area contributed by atoms with Gasteiger partial charge in [-0.05, 0) is 25.1 Å². The predicted molar refractivity (Wildman–Crippen MR) is 83.9 cm³/mol. The summed E-state index contributed by atoms with van der Waals surface area (Å²) in [5.41, 5.74) is -1.28. The van der Waals surface area contributed by atoms with Crippen LogP contribution in [0.25, 0.3) is 11.5 Å². The number of amides is 2. The van der Waals surface area contributed by atoms with E-state index in [9.17, 15) is 18.0 Å². The highest BCUT2D eigenvalue weighted by atomic mass is 19.3. The van der Waals surface area contributed by atoms with E-state index in [2.05, 4.69) is 15.5 Å². The van der Waals surface area contributed by atoms with Crippen molar-refractivity contribution in [3.05, 3.63) is 35.9 Å². The second-order valence-electron chi connectivity index (χ2n) is 6.07. The Balaban J connectivity index is 1.58. The number of nitrogens with one attached hydrogen (secondary N) is 1. The summed E-state index contributed by atoms with van der Waals surface area (Å²) in [5, 5.41) is 6.26. The summed E-state index contributed by atoms with van der Waals surface area (Å²) in [6.07, 6.45) is -2.70. The average Bonchev–Trinajstić information content (AvgIpc) is 3.08. The van der Waals surface area contributed by atoms with E-state index in [4.69, 9.17) is 9.26 Å². The predicted octanol–water partition coefficient (Wildman–Crippen LogP) is 2.44. The summed E-state index contributed by atoms with van der Waals surface area (Å²) >= 11 is 0. The minimum atomic E-state index is -2.70. The number of alkyl halides is 2. The molecule has 1 saturated heterocycles. The van der Waals surface area contributed by atoms with Gasteiger partial charge in [-0.25, -0.2) is 18.0 Å². The average molecular weight is 370 g/mol. The third-order valence-corrected chi connectivity index (χ3v) is 3.98. The lowest BCUT2D eigenvalue weighted by atomic mass is 10.1. The SMILES string of the molecule is CC1(C(F)F)CN(C(=O)NCc2noc(-c3cccc(F)c3)n2)CCO1. The molecule has 2 heterocycles. The number of hydrogen-bond acceptors (Lipinski definition) is 5. The van der Waals surface area contributed by atoms with Crippen LogP contribution in [-0.2, 0) is 11.3 Å². The summed E-state index contributed by atoms with van der Waals surface area (Å²) < 4.78 is 49.4. The van der Waals surface area contributed by atoms with Crippen molar-refractivity contribution in [3.8, 4) is 11.5 Å². The number of benzene rings is 1. The van der Waals surface area contributed by atoms with Crippen LogP contribution in [0.1, 0.15) is 12.7 Å². The lowest BCUT2D eigenvalue weighted by molar-refractivity contribution is -0.161. The number of carbonyl (C=O) groups excluding carboxylic acids is 1. The van der Waals surface area contributed by atoms with Gasteiger partial charge in [0.25, 0.3) is 12.3 Å². The number of ether oxygens (including phenoxy) is 1. The number of morpholine rings is 1. The first-order valence-electron chi connectivity index (χ1n) is 7.91. The third-order valence-electron chi connectivity index (χ3n) is 3.98.